The highest BCUT2D eigenvalue weighted by Gasteiger charge is 2.21. The highest BCUT2D eigenvalue weighted by molar-refractivity contribution is 7.11. The molecule has 1 saturated heterocycles. The molecule has 0 aliphatic carbocycles. The summed E-state index contributed by atoms with van der Waals surface area (Å²) in [5.74, 6) is 0.124. The molecular formula is C10H15N3OS. The van der Waals surface area contributed by atoms with Crippen molar-refractivity contribution in [1.29, 1.82) is 0 Å². The number of ketones is 1. The number of Topliss-reactive ketones (excluding diaryl/α,β-unsaturated/α-hetero) is 1. The van der Waals surface area contributed by atoms with E-state index >= 15 is 0 Å². The molecule has 0 saturated carbocycles. The summed E-state index contributed by atoms with van der Waals surface area (Å²) in [6.07, 6.45) is 2.80. The molecule has 1 fully saturated rings. The van der Waals surface area contributed by atoms with E-state index in [1.165, 1.54) is 11.3 Å². The van der Waals surface area contributed by atoms with Gasteiger partial charge in [0.1, 0.15) is 0 Å². The molecule has 0 bridgehead atoms. The van der Waals surface area contributed by atoms with Crippen LogP contribution >= 0.6 is 11.3 Å². The van der Waals surface area contributed by atoms with E-state index in [0.717, 1.165) is 19.5 Å². The standard InChI is InChI=1S/C10H15N3OS/c1-13(8-2-3-11-6-8)7-9(14)10-12-4-5-15-10/h4-5,8,11H,2-3,6-7H2,1H3. The molecule has 1 N–H and O–H groups in total. The maximum absolute atomic E-state index is 11.8. The van der Waals surface area contributed by atoms with Crippen molar-refractivity contribution in [3.05, 3.63) is 16.6 Å². The van der Waals surface area contributed by atoms with Crippen molar-refractivity contribution in [3.63, 3.8) is 0 Å². The highest BCUT2D eigenvalue weighted by atomic mass is 32.1. The molecule has 2 rings (SSSR count). The van der Waals surface area contributed by atoms with E-state index in [9.17, 15) is 4.79 Å². The van der Waals surface area contributed by atoms with Crippen LogP contribution in [0.5, 0.6) is 0 Å². The minimum absolute atomic E-state index is 0.124. The van der Waals surface area contributed by atoms with Crippen molar-refractivity contribution in [2.24, 2.45) is 0 Å². The number of rotatable bonds is 4. The van der Waals surface area contributed by atoms with Crippen LogP contribution in [0.25, 0.3) is 0 Å². The lowest BCUT2D eigenvalue weighted by atomic mass is 10.2. The molecule has 1 aliphatic heterocycles. The molecule has 15 heavy (non-hydrogen) atoms. The second-order valence-electron chi connectivity index (χ2n) is 3.82. The number of hydrogen-bond acceptors (Lipinski definition) is 5. The first-order chi connectivity index (χ1) is 7.27. The Bertz CT molecular complexity index is 319. The second kappa shape index (κ2) is 4.83. The number of hydrogen-bond donors (Lipinski definition) is 1. The number of thiazole rings is 1. The van der Waals surface area contributed by atoms with Crippen LogP contribution in [0.1, 0.15) is 16.2 Å². The van der Waals surface area contributed by atoms with Gasteiger partial charge in [0.15, 0.2) is 5.01 Å². The van der Waals surface area contributed by atoms with Crippen LogP contribution in [-0.2, 0) is 0 Å². The molecule has 1 aliphatic rings. The van der Waals surface area contributed by atoms with Crippen LogP contribution in [0.2, 0.25) is 0 Å². The van der Waals surface area contributed by atoms with Gasteiger partial charge in [-0.15, -0.1) is 11.3 Å². The molecule has 0 aromatic carbocycles. The zero-order valence-corrected chi connectivity index (χ0v) is 9.59. The molecule has 0 amide bonds. The van der Waals surface area contributed by atoms with Crippen LogP contribution in [0, 0.1) is 0 Å². The van der Waals surface area contributed by atoms with Crippen molar-refractivity contribution in [2.75, 3.05) is 26.7 Å². The largest absolute Gasteiger partial charge is 0.315 e. The fraction of sp³-hybridized carbons (Fsp3) is 0.600. The van der Waals surface area contributed by atoms with Gasteiger partial charge >= 0.3 is 0 Å². The van der Waals surface area contributed by atoms with Gasteiger partial charge in [-0.05, 0) is 20.0 Å². The van der Waals surface area contributed by atoms with Crippen LogP contribution in [-0.4, -0.2) is 48.4 Å². The molecule has 4 nitrogen and oxygen atoms in total. The van der Waals surface area contributed by atoms with Gasteiger partial charge in [0.05, 0.1) is 6.54 Å². The number of nitrogens with one attached hydrogen (secondary N) is 1. The third kappa shape index (κ3) is 2.62. The lowest BCUT2D eigenvalue weighted by molar-refractivity contribution is 0.0924. The number of carbonyl (C=O) groups is 1. The normalized spacial score (nSPS) is 21.1. The predicted octanol–water partition coefficient (Wildman–Crippen LogP) is 0.619. The SMILES string of the molecule is CN(CC(=O)c1nccs1)C1CCNC1. The zero-order chi connectivity index (χ0) is 10.7. The number of carbonyl (C=O) groups excluding carboxylic acids is 1. The van der Waals surface area contributed by atoms with Crippen molar-refractivity contribution in [2.45, 2.75) is 12.5 Å². The summed E-state index contributed by atoms with van der Waals surface area (Å²) in [7, 11) is 2.00. The lowest BCUT2D eigenvalue weighted by Gasteiger charge is -2.21. The minimum Gasteiger partial charge on any atom is -0.315 e. The van der Waals surface area contributed by atoms with Crippen molar-refractivity contribution >= 4 is 17.1 Å². The Morgan fingerprint density at radius 1 is 1.80 bits per heavy atom. The summed E-state index contributed by atoms with van der Waals surface area (Å²) in [6, 6.07) is 0.494. The molecule has 1 aromatic heterocycles. The van der Waals surface area contributed by atoms with E-state index < -0.39 is 0 Å². The third-order valence-corrected chi connectivity index (χ3v) is 3.54. The quantitative estimate of drug-likeness (QED) is 0.763. The summed E-state index contributed by atoms with van der Waals surface area (Å²) >= 11 is 1.41. The Balaban J connectivity index is 1.88. The van der Waals surface area contributed by atoms with E-state index in [1.807, 2.05) is 12.4 Å². The molecular weight excluding hydrogens is 210 g/mol. The van der Waals surface area contributed by atoms with Gasteiger partial charge in [-0.1, -0.05) is 0 Å². The summed E-state index contributed by atoms with van der Waals surface area (Å²) in [5.41, 5.74) is 0. The predicted molar refractivity (Wildman–Crippen MR) is 60.3 cm³/mol. The maximum atomic E-state index is 11.8. The highest BCUT2D eigenvalue weighted by Crippen LogP contribution is 2.09. The Hall–Kier alpha value is -0.780. The number of likely N-dealkylation sites (N-methyl/N-ethyl adjacent to an activating group) is 1. The third-order valence-electron chi connectivity index (χ3n) is 2.72. The van der Waals surface area contributed by atoms with E-state index in [4.69, 9.17) is 0 Å². The zero-order valence-electron chi connectivity index (χ0n) is 8.77. The monoisotopic (exact) mass is 225 g/mol. The van der Waals surface area contributed by atoms with Gasteiger partial charge in [-0.3, -0.25) is 9.69 Å². The lowest BCUT2D eigenvalue weighted by Crippen LogP contribution is -2.37. The van der Waals surface area contributed by atoms with E-state index in [2.05, 4.69) is 15.2 Å². The first-order valence-electron chi connectivity index (χ1n) is 5.11. The van der Waals surface area contributed by atoms with E-state index in [-0.39, 0.29) is 5.78 Å². The molecule has 0 spiro atoms. The number of nitrogens with zero attached hydrogens (tertiary/aromatic N) is 2. The summed E-state index contributed by atoms with van der Waals surface area (Å²) in [5, 5.41) is 5.75. The topological polar surface area (TPSA) is 45.2 Å². The molecule has 5 heteroatoms. The van der Waals surface area contributed by atoms with Crippen molar-refractivity contribution in [3.8, 4) is 0 Å². The van der Waals surface area contributed by atoms with Gasteiger partial charge in [0.25, 0.3) is 0 Å². The average Bonchev–Trinajstić information content (AvgIpc) is 2.91. The van der Waals surface area contributed by atoms with Crippen molar-refractivity contribution < 1.29 is 4.79 Å². The van der Waals surface area contributed by atoms with E-state index in [0.29, 0.717) is 17.6 Å². The first kappa shape index (κ1) is 10.7. The molecule has 82 valence electrons. The van der Waals surface area contributed by atoms with Gasteiger partial charge in [0, 0.05) is 24.2 Å². The maximum Gasteiger partial charge on any atom is 0.205 e. The Morgan fingerprint density at radius 2 is 2.67 bits per heavy atom. The molecule has 1 aromatic rings. The van der Waals surface area contributed by atoms with Crippen LogP contribution in [0.3, 0.4) is 0 Å². The van der Waals surface area contributed by atoms with Gasteiger partial charge in [0.2, 0.25) is 5.78 Å². The second-order valence-corrected chi connectivity index (χ2v) is 4.72. The average molecular weight is 225 g/mol. The Labute approximate surface area is 93.3 Å². The molecule has 2 heterocycles. The summed E-state index contributed by atoms with van der Waals surface area (Å²) in [4.78, 5) is 17.9. The molecule has 1 atom stereocenters. The molecule has 1 unspecified atom stereocenters. The number of aromatic nitrogens is 1. The van der Waals surface area contributed by atoms with Gasteiger partial charge in [-0.2, -0.15) is 0 Å². The minimum atomic E-state index is 0.124. The van der Waals surface area contributed by atoms with Crippen molar-refractivity contribution in [1.82, 2.24) is 15.2 Å². The van der Waals surface area contributed by atoms with Crippen LogP contribution < -0.4 is 5.32 Å². The summed E-state index contributed by atoms with van der Waals surface area (Å²) < 4.78 is 0. The Morgan fingerprint density at radius 3 is 3.27 bits per heavy atom. The van der Waals surface area contributed by atoms with Gasteiger partial charge in [-0.25, -0.2) is 4.98 Å². The molecule has 0 radical (unpaired) electrons. The van der Waals surface area contributed by atoms with E-state index in [1.54, 1.807) is 6.20 Å². The summed E-state index contributed by atoms with van der Waals surface area (Å²) in [6.45, 7) is 2.52. The fourth-order valence-electron chi connectivity index (χ4n) is 1.80. The first-order valence-corrected chi connectivity index (χ1v) is 5.99. The van der Waals surface area contributed by atoms with Crippen LogP contribution in [0.4, 0.5) is 0 Å². The Kier molecular flexibility index (Phi) is 3.45. The van der Waals surface area contributed by atoms with Crippen LogP contribution in [0.15, 0.2) is 11.6 Å². The smallest absolute Gasteiger partial charge is 0.205 e. The fourth-order valence-corrected chi connectivity index (χ4v) is 2.37. The van der Waals surface area contributed by atoms with Gasteiger partial charge < -0.3 is 5.32 Å².